The van der Waals surface area contributed by atoms with Gasteiger partial charge in [-0.15, -0.1) is 0 Å². The van der Waals surface area contributed by atoms with Crippen molar-refractivity contribution in [2.24, 2.45) is 0 Å². The number of nitrogens with zero attached hydrogens (tertiary/aromatic N) is 1. The van der Waals surface area contributed by atoms with E-state index >= 15 is 0 Å². The lowest BCUT2D eigenvalue weighted by molar-refractivity contribution is 0.0730. The van der Waals surface area contributed by atoms with Crippen LogP contribution in [0.15, 0.2) is 64.4 Å². The van der Waals surface area contributed by atoms with E-state index in [2.05, 4.69) is 10.8 Å². The zero-order valence-corrected chi connectivity index (χ0v) is 18.4. The Morgan fingerprint density at radius 3 is 2.13 bits per heavy atom. The van der Waals surface area contributed by atoms with E-state index in [-0.39, 0.29) is 22.9 Å². The first-order valence-corrected chi connectivity index (χ1v) is 13.0. The second-order valence-electron chi connectivity index (χ2n) is 7.71. The molecule has 1 saturated heterocycles. The van der Waals surface area contributed by atoms with Gasteiger partial charge in [-0.25, -0.2) is 16.8 Å². The van der Waals surface area contributed by atoms with Crippen molar-refractivity contribution < 1.29 is 21.6 Å². The first kappa shape index (κ1) is 20.4. The first-order chi connectivity index (χ1) is 14.9. The summed E-state index contributed by atoms with van der Waals surface area (Å²) in [5.74, 6) is 0. The maximum atomic E-state index is 13.0. The summed E-state index contributed by atoms with van der Waals surface area (Å²) in [6.07, 6.45) is 1.92. The number of ether oxygens (including phenoxy) is 1. The van der Waals surface area contributed by atoms with Crippen molar-refractivity contribution in [3.8, 4) is 0 Å². The van der Waals surface area contributed by atoms with E-state index in [1.165, 1.54) is 39.7 Å². The number of hydrogen-bond acceptors (Lipinski definition) is 5. The van der Waals surface area contributed by atoms with Crippen LogP contribution in [-0.4, -0.2) is 47.4 Å². The normalized spacial score (nSPS) is 17.2. The van der Waals surface area contributed by atoms with Gasteiger partial charge in [0.05, 0.1) is 28.7 Å². The summed E-state index contributed by atoms with van der Waals surface area (Å²) in [5, 5.41) is 2.00. The van der Waals surface area contributed by atoms with Crippen LogP contribution >= 0.6 is 0 Å². The molecule has 5 rings (SSSR count). The van der Waals surface area contributed by atoms with Crippen LogP contribution in [0.1, 0.15) is 11.1 Å². The molecule has 1 aliphatic heterocycles. The summed E-state index contributed by atoms with van der Waals surface area (Å²) in [6.45, 7) is 1.28. The molecule has 0 unspecified atom stereocenters. The molecule has 7 nitrogen and oxygen atoms in total. The average molecular weight is 459 g/mol. The number of aryl methyl sites for hydroxylation is 2. The third-order valence-corrected chi connectivity index (χ3v) is 9.16. The van der Waals surface area contributed by atoms with Crippen LogP contribution < -0.4 is 4.72 Å². The number of sulfonamides is 2. The molecule has 31 heavy (non-hydrogen) atoms. The Hall–Kier alpha value is -2.46. The summed E-state index contributed by atoms with van der Waals surface area (Å²) in [5.41, 5.74) is 2.98. The van der Waals surface area contributed by atoms with Crippen molar-refractivity contribution in [1.29, 1.82) is 0 Å². The predicted molar refractivity (Wildman–Crippen MR) is 118 cm³/mol. The smallest absolute Gasteiger partial charge is 0.261 e. The number of nitrogens with one attached hydrogen (secondary N) is 1. The lowest BCUT2D eigenvalue weighted by Gasteiger charge is -2.26. The molecular formula is C22H22N2O5S2. The van der Waals surface area contributed by atoms with Gasteiger partial charge in [-0.3, -0.25) is 4.72 Å². The van der Waals surface area contributed by atoms with Gasteiger partial charge in [0.15, 0.2) is 0 Å². The largest absolute Gasteiger partial charge is 0.379 e. The van der Waals surface area contributed by atoms with Gasteiger partial charge in [-0.05, 0) is 59.7 Å². The Morgan fingerprint density at radius 1 is 0.774 bits per heavy atom. The fourth-order valence-electron chi connectivity index (χ4n) is 4.27. The minimum Gasteiger partial charge on any atom is -0.379 e. The molecule has 1 fully saturated rings. The molecule has 0 saturated carbocycles. The lowest BCUT2D eigenvalue weighted by Crippen LogP contribution is -2.40. The molecular weight excluding hydrogens is 436 g/mol. The van der Waals surface area contributed by atoms with E-state index in [4.69, 9.17) is 4.74 Å². The Balaban J connectivity index is 1.44. The zero-order valence-electron chi connectivity index (χ0n) is 16.7. The second-order valence-corrected chi connectivity index (χ2v) is 11.3. The van der Waals surface area contributed by atoms with Crippen LogP contribution in [0.5, 0.6) is 0 Å². The number of rotatable bonds is 5. The fourth-order valence-corrected chi connectivity index (χ4v) is 6.75. The highest BCUT2D eigenvalue weighted by atomic mass is 32.2. The van der Waals surface area contributed by atoms with Gasteiger partial charge in [-0.1, -0.05) is 24.3 Å². The van der Waals surface area contributed by atoms with Crippen molar-refractivity contribution in [1.82, 2.24) is 4.31 Å². The number of hydrogen-bond donors (Lipinski definition) is 1. The maximum absolute atomic E-state index is 13.0. The Bertz CT molecular complexity index is 1350. The number of benzene rings is 3. The Morgan fingerprint density at radius 2 is 1.42 bits per heavy atom. The van der Waals surface area contributed by atoms with E-state index in [9.17, 15) is 16.8 Å². The second kappa shape index (κ2) is 7.59. The van der Waals surface area contributed by atoms with Crippen molar-refractivity contribution in [2.75, 3.05) is 31.0 Å². The molecule has 2 aliphatic rings. The van der Waals surface area contributed by atoms with E-state index in [0.717, 1.165) is 23.6 Å². The van der Waals surface area contributed by atoms with Gasteiger partial charge in [-0.2, -0.15) is 4.31 Å². The quantitative estimate of drug-likeness (QED) is 0.635. The molecule has 0 radical (unpaired) electrons. The summed E-state index contributed by atoms with van der Waals surface area (Å²) in [6, 6.07) is 15.0. The van der Waals surface area contributed by atoms with Crippen LogP contribution in [-0.2, 0) is 37.6 Å². The molecule has 0 aromatic heterocycles. The summed E-state index contributed by atoms with van der Waals surface area (Å²) < 4.78 is 60.8. The number of morpholine rings is 1. The van der Waals surface area contributed by atoms with Crippen molar-refractivity contribution in [2.45, 2.75) is 22.6 Å². The number of anilines is 1. The van der Waals surface area contributed by atoms with Crippen molar-refractivity contribution >= 4 is 36.5 Å². The highest BCUT2D eigenvalue weighted by molar-refractivity contribution is 7.92. The molecule has 0 atom stereocenters. The van der Waals surface area contributed by atoms with Gasteiger partial charge in [0.25, 0.3) is 10.0 Å². The zero-order chi connectivity index (χ0) is 21.6. The summed E-state index contributed by atoms with van der Waals surface area (Å²) in [7, 11) is -7.55. The molecule has 9 heteroatoms. The molecule has 162 valence electrons. The monoisotopic (exact) mass is 458 g/mol. The minimum absolute atomic E-state index is 0.0108. The highest BCUT2D eigenvalue weighted by Gasteiger charge is 2.27. The molecule has 3 aromatic rings. The Kier molecular flexibility index (Phi) is 5.01. The maximum Gasteiger partial charge on any atom is 0.261 e. The van der Waals surface area contributed by atoms with Crippen LogP contribution in [0.3, 0.4) is 0 Å². The SMILES string of the molecule is O=S(=O)(Nc1ccc2c3c(cccc13)CC2)c1ccc(S(=O)(=O)N2CCOCC2)cc1. The van der Waals surface area contributed by atoms with E-state index in [1.54, 1.807) is 6.07 Å². The fraction of sp³-hybridized carbons (Fsp3) is 0.273. The van der Waals surface area contributed by atoms with E-state index in [0.29, 0.717) is 18.9 Å². The van der Waals surface area contributed by atoms with Crippen molar-refractivity contribution in [3.05, 3.63) is 65.7 Å². The first-order valence-electron chi connectivity index (χ1n) is 10.1. The van der Waals surface area contributed by atoms with Crippen LogP contribution in [0.2, 0.25) is 0 Å². The van der Waals surface area contributed by atoms with E-state index < -0.39 is 20.0 Å². The van der Waals surface area contributed by atoms with E-state index in [1.807, 2.05) is 18.2 Å². The van der Waals surface area contributed by atoms with Gasteiger partial charge in [0, 0.05) is 18.5 Å². The molecule has 0 bridgehead atoms. The van der Waals surface area contributed by atoms with Gasteiger partial charge < -0.3 is 4.74 Å². The topological polar surface area (TPSA) is 92.8 Å². The summed E-state index contributed by atoms with van der Waals surface area (Å²) in [4.78, 5) is 0.0790. The molecule has 0 spiro atoms. The van der Waals surface area contributed by atoms with Crippen LogP contribution in [0.4, 0.5) is 5.69 Å². The molecule has 1 aliphatic carbocycles. The average Bonchev–Trinajstić information content (AvgIpc) is 3.21. The highest BCUT2D eigenvalue weighted by Crippen LogP contribution is 2.35. The van der Waals surface area contributed by atoms with Crippen molar-refractivity contribution in [3.63, 3.8) is 0 Å². The standard InChI is InChI=1S/C22H22N2O5S2/c25-30(26,23-21-11-6-17-5-4-16-2-1-3-20(21)22(16)17)18-7-9-19(10-8-18)31(27,28)24-12-14-29-15-13-24/h1-3,6-11,23H,4-5,12-15H2. The molecule has 1 N–H and O–H groups in total. The van der Waals surface area contributed by atoms with Crippen LogP contribution in [0.25, 0.3) is 10.8 Å². The minimum atomic E-state index is -3.88. The third kappa shape index (κ3) is 3.61. The molecule has 0 amide bonds. The Labute approximate surface area is 181 Å². The molecule has 1 heterocycles. The van der Waals surface area contributed by atoms with Gasteiger partial charge >= 0.3 is 0 Å². The predicted octanol–water partition coefficient (Wildman–Crippen LogP) is 2.76. The molecule has 3 aromatic carbocycles. The van der Waals surface area contributed by atoms with Gasteiger partial charge in [0.2, 0.25) is 10.0 Å². The summed E-state index contributed by atoms with van der Waals surface area (Å²) >= 11 is 0. The lowest BCUT2D eigenvalue weighted by atomic mass is 10.0. The van der Waals surface area contributed by atoms with Crippen LogP contribution in [0, 0.1) is 0 Å². The third-order valence-electron chi connectivity index (χ3n) is 5.86. The van der Waals surface area contributed by atoms with Gasteiger partial charge in [0.1, 0.15) is 0 Å².